The van der Waals surface area contributed by atoms with Gasteiger partial charge in [0.1, 0.15) is 22.8 Å². The standard InChI is InChI=1S/C21H16ClNO6/c22-13-6-9-19(29-15-4-2-1-3-5-15)17(10-13)23-20(26)12-28-21(27)16-8-7-14(24)11-18(16)25/h1-11,24-25H,12H2,(H,23,26). The molecule has 0 aliphatic heterocycles. The molecule has 3 N–H and O–H groups in total. The first-order chi connectivity index (χ1) is 13.9. The van der Waals surface area contributed by atoms with E-state index in [0.717, 1.165) is 6.07 Å². The summed E-state index contributed by atoms with van der Waals surface area (Å²) in [5.41, 5.74) is 0.126. The number of rotatable bonds is 6. The number of carbonyl (C=O) groups excluding carboxylic acids is 2. The summed E-state index contributed by atoms with van der Waals surface area (Å²) in [6.07, 6.45) is 0. The molecule has 7 nitrogen and oxygen atoms in total. The first-order valence-electron chi connectivity index (χ1n) is 8.44. The van der Waals surface area contributed by atoms with E-state index in [1.807, 2.05) is 18.2 Å². The number of hydrogen-bond acceptors (Lipinski definition) is 6. The maximum absolute atomic E-state index is 12.2. The third-order valence-electron chi connectivity index (χ3n) is 3.72. The van der Waals surface area contributed by atoms with Crippen molar-refractivity contribution in [3.05, 3.63) is 77.3 Å². The van der Waals surface area contributed by atoms with Crippen molar-refractivity contribution in [3.63, 3.8) is 0 Å². The zero-order valence-corrected chi connectivity index (χ0v) is 15.7. The van der Waals surface area contributed by atoms with Crippen molar-refractivity contribution in [1.82, 2.24) is 0 Å². The van der Waals surface area contributed by atoms with Gasteiger partial charge in [0.25, 0.3) is 5.91 Å². The van der Waals surface area contributed by atoms with Gasteiger partial charge < -0.3 is 25.0 Å². The van der Waals surface area contributed by atoms with E-state index in [0.29, 0.717) is 22.2 Å². The molecule has 8 heteroatoms. The van der Waals surface area contributed by atoms with E-state index < -0.39 is 24.2 Å². The lowest BCUT2D eigenvalue weighted by Crippen LogP contribution is -2.21. The minimum atomic E-state index is -0.912. The van der Waals surface area contributed by atoms with Gasteiger partial charge in [-0.15, -0.1) is 0 Å². The summed E-state index contributed by atoms with van der Waals surface area (Å²) in [5, 5.41) is 21.9. The molecule has 0 fully saturated rings. The third-order valence-corrected chi connectivity index (χ3v) is 3.96. The molecule has 0 aliphatic carbocycles. The van der Waals surface area contributed by atoms with Crippen molar-refractivity contribution in [2.45, 2.75) is 0 Å². The lowest BCUT2D eigenvalue weighted by atomic mass is 10.2. The van der Waals surface area contributed by atoms with Gasteiger partial charge in [0.05, 0.1) is 5.69 Å². The van der Waals surface area contributed by atoms with Gasteiger partial charge in [-0.1, -0.05) is 29.8 Å². The number of para-hydroxylation sites is 1. The normalized spacial score (nSPS) is 10.2. The topological polar surface area (TPSA) is 105 Å². The number of phenolic OH excluding ortho intramolecular Hbond substituents is 2. The van der Waals surface area contributed by atoms with Crippen LogP contribution in [-0.4, -0.2) is 28.7 Å². The smallest absolute Gasteiger partial charge is 0.342 e. The number of halogens is 1. The minimum Gasteiger partial charge on any atom is -0.508 e. The molecule has 0 saturated heterocycles. The maximum atomic E-state index is 12.2. The number of hydrogen-bond donors (Lipinski definition) is 3. The highest BCUT2D eigenvalue weighted by atomic mass is 35.5. The average Bonchev–Trinajstić information content (AvgIpc) is 2.69. The van der Waals surface area contributed by atoms with Crippen LogP contribution in [0.25, 0.3) is 0 Å². The zero-order chi connectivity index (χ0) is 20.8. The van der Waals surface area contributed by atoms with Crippen molar-refractivity contribution in [2.24, 2.45) is 0 Å². The first-order valence-corrected chi connectivity index (χ1v) is 8.81. The van der Waals surface area contributed by atoms with Crippen molar-refractivity contribution in [3.8, 4) is 23.0 Å². The number of phenols is 2. The number of amides is 1. The van der Waals surface area contributed by atoms with Crippen LogP contribution in [0.1, 0.15) is 10.4 Å². The quantitative estimate of drug-likeness (QED) is 0.519. The van der Waals surface area contributed by atoms with E-state index in [1.54, 1.807) is 24.3 Å². The molecule has 3 aromatic rings. The van der Waals surface area contributed by atoms with E-state index in [-0.39, 0.29) is 11.3 Å². The summed E-state index contributed by atoms with van der Waals surface area (Å²) in [4.78, 5) is 24.2. The van der Waals surface area contributed by atoms with Crippen LogP contribution < -0.4 is 10.1 Å². The fourth-order valence-corrected chi connectivity index (χ4v) is 2.56. The molecule has 0 spiro atoms. The van der Waals surface area contributed by atoms with Crippen molar-refractivity contribution in [1.29, 1.82) is 0 Å². The van der Waals surface area contributed by atoms with E-state index in [9.17, 15) is 19.8 Å². The summed E-state index contributed by atoms with van der Waals surface area (Å²) in [7, 11) is 0. The Morgan fingerprint density at radius 1 is 0.966 bits per heavy atom. The molecular weight excluding hydrogens is 398 g/mol. The number of aromatic hydroxyl groups is 2. The van der Waals surface area contributed by atoms with E-state index in [2.05, 4.69) is 5.32 Å². The van der Waals surface area contributed by atoms with Crippen LogP contribution in [0.4, 0.5) is 5.69 Å². The van der Waals surface area contributed by atoms with Crippen LogP contribution in [0.5, 0.6) is 23.0 Å². The van der Waals surface area contributed by atoms with Crippen molar-refractivity contribution >= 4 is 29.2 Å². The fraction of sp³-hybridized carbons (Fsp3) is 0.0476. The third kappa shape index (κ3) is 5.40. The Kier molecular flexibility index (Phi) is 6.21. The summed E-state index contributed by atoms with van der Waals surface area (Å²) in [6, 6.07) is 17.1. The summed E-state index contributed by atoms with van der Waals surface area (Å²) in [6.45, 7) is -0.601. The Labute approximate surface area is 171 Å². The molecule has 0 bridgehead atoms. The molecule has 148 valence electrons. The predicted octanol–water partition coefficient (Wildman–Crippen LogP) is 4.34. The summed E-state index contributed by atoms with van der Waals surface area (Å²) >= 11 is 6.00. The molecule has 1 amide bonds. The van der Waals surface area contributed by atoms with Gasteiger partial charge in [-0.2, -0.15) is 0 Å². The molecule has 29 heavy (non-hydrogen) atoms. The number of ether oxygens (including phenoxy) is 2. The molecule has 3 rings (SSSR count). The molecule has 0 radical (unpaired) electrons. The molecule has 3 aromatic carbocycles. The number of nitrogens with one attached hydrogen (secondary N) is 1. The van der Waals surface area contributed by atoms with Crippen molar-refractivity contribution in [2.75, 3.05) is 11.9 Å². The second-order valence-electron chi connectivity index (χ2n) is 5.88. The Morgan fingerprint density at radius 2 is 1.72 bits per heavy atom. The highest BCUT2D eigenvalue weighted by Gasteiger charge is 2.16. The zero-order valence-electron chi connectivity index (χ0n) is 15.0. The van der Waals surface area contributed by atoms with Gasteiger partial charge in [-0.05, 0) is 42.5 Å². The van der Waals surface area contributed by atoms with E-state index >= 15 is 0 Å². The minimum absolute atomic E-state index is 0.175. The Hall–Kier alpha value is -3.71. The SMILES string of the molecule is O=C(COC(=O)c1ccc(O)cc1O)Nc1cc(Cl)ccc1Oc1ccccc1. The maximum Gasteiger partial charge on any atom is 0.342 e. The lowest BCUT2D eigenvalue weighted by Gasteiger charge is -2.13. The molecule has 0 unspecified atom stereocenters. The van der Waals surface area contributed by atoms with Gasteiger partial charge in [-0.25, -0.2) is 4.79 Å². The van der Waals surface area contributed by atoms with Crippen LogP contribution in [0, 0.1) is 0 Å². The monoisotopic (exact) mass is 413 g/mol. The van der Waals surface area contributed by atoms with Crippen LogP contribution in [0.15, 0.2) is 66.7 Å². The first kappa shape index (κ1) is 20.0. The number of anilines is 1. The van der Waals surface area contributed by atoms with E-state index in [4.69, 9.17) is 21.1 Å². The Morgan fingerprint density at radius 3 is 2.45 bits per heavy atom. The van der Waals surface area contributed by atoms with Gasteiger partial charge in [0.2, 0.25) is 0 Å². The molecule has 0 heterocycles. The highest BCUT2D eigenvalue weighted by molar-refractivity contribution is 6.31. The Bertz CT molecular complexity index is 1040. The largest absolute Gasteiger partial charge is 0.508 e. The average molecular weight is 414 g/mol. The number of carbonyl (C=O) groups is 2. The number of benzene rings is 3. The van der Waals surface area contributed by atoms with Crippen LogP contribution >= 0.6 is 11.6 Å². The highest BCUT2D eigenvalue weighted by Crippen LogP contribution is 2.32. The van der Waals surface area contributed by atoms with E-state index in [1.165, 1.54) is 18.2 Å². The van der Waals surface area contributed by atoms with Gasteiger partial charge in [0, 0.05) is 11.1 Å². The summed E-state index contributed by atoms with van der Waals surface area (Å²) < 4.78 is 10.7. The number of esters is 1. The van der Waals surface area contributed by atoms with Gasteiger partial charge in [-0.3, -0.25) is 4.79 Å². The fourth-order valence-electron chi connectivity index (χ4n) is 2.39. The van der Waals surface area contributed by atoms with Crippen molar-refractivity contribution < 1.29 is 29.3 Å². The molecule has 0 saturated carbocycles. The van der Waals surface area contributed by atoms with Crippen LogP contribution in [0.2, 0.25) is 5.02 Å². The van der Waals surface area contributed by atoms with Crippen LogP contribution in [0.3, 0.4) is 0 Å². The van der Waals surface area contributed by atoms with Gasteiger partial charge >= 0.3 is 5.97 Å². The lowest BCUT2D eigenvalue weighted by molar-refractivity contribution is -0.119. The van der Waals surface area contributed by atoms with Gasteiger partial charge in [0.15, 0.2) is 12.4 Å². The molecule has 0 atom stereocenters. The second-order valence-corrected chi connectivity index (χ2v) is 6.32. The molecule has 0 aromatic heterocycles. The molecular formula is C21H16ClNO6. The van der Waals surface area contributed by atoms with Crippen LogP contribution in [-0.2, 0) is 9.53 Å². The summed E-state index contributed by atoms with van der Waals surface area (Å²) in [5.74, 6) is -1.27. The Balaban J connectivity index is 1.65. The molecule has 0 aliphatic rings. The second kappa shape index (κ2) is 8.99. The predicted molar refractivity (Wildman–Crippen MR) is 107 cm³/mol.